The second kappa shape index (κ2) is 5.54. The Bertz CT molecular complexity index is 622. The van der Waals surface area contributed by atoms with E-state index >= 15 is 0 Å². The molecule has 0 saturated carbocycles. The molecule has 1 heterocycles. The summed E-state index contributed by atoms with van der Waals surface area (Å²) >= 11 is 3.43. The van der Waals surface area contributed by atoms with Crippen LogP contribution in [-0.4, -0.2) is 32.6 Å². The summed E-state index contributed by atoms with van der Waals surface area (Å²) < 4.78 is 2.44. The van der Waals surface area contributed by atoms with Gasteiger partial charge in [-0.15, -0.1) is 0 Å². The molecule has 0 atom stereocenters. The number of carboxylic acid groups (broad SMARTS) is 1. The highest BCUT2D eigenvalue weighted by molar-refractivity contribution is 9.10. The molecule has 1 aromatic carbocycles. The molecule has 0 unspecified atom stereocenters. The first-order valence-electron chi connectivity index (χ1n) is 5.72. The average Bonchev–Trinajstić information content (AvgIpc) is 2.77. The fourth-order valence-electron chi connectivity index (χ4n) is 1.75. The summed E-state index contributed by atoms with van der Waals surface area (Å²) in [6.07, 6.45) is 1.91. The van der Waals surface area contributed by atoms with E-state index < -0.39 is 5.97 Å². The Morgan fingerprint density at radius 1 is 1.47 bits per heavy atom. The van der Waals surface area contributed by atoms with E-state index in [4.69, 9.17) is 10.2 Å². The van der Waals surface area contributed by atoms with Crippen LogP contribution in [0.15, 0.2) is 28.9 Å². The van der Waals surface area contributed by atoms with Gasteiger partial charge in [0.05, 0.1) is 5.69 Å². The zero-order chi connectivity index (χ0) is 14.0. The van der Waals surface area contributed by atoms with Crippen LogP contribution in [-0.2, 0) is 6.42 Å². The van der Waals surface area contributed by atoms with Gasteiger partial charge in [0.1, 0.15) is 0 Å². The number of aromatic nitrogens is 2. The van der Waals surface area contributed by atoms with Crippen molar-refractivity contribution in [2.75, 3.05) is 6.61 Å². The summed E-state index contributed by atoms with van der Waals surface area (Å²) in [5, 5.41) is 22.1. The van der Waals surface area contributed by atoms with Crippen LogP contribution in [0.1, 0.15) is 21.6 Å². The van der Waals surface area contributed by atoms with Gasteiger partial charge in [-0.25, -0.2) is 9.48 Å². The van der Waals surface area contributed by atoms with Crippen molar-refractivity contribution in [2.24, 2.45) is 0 Å². The lowest BCUT2D eigenvalue weighted by molar-refractivity contribution is 0.0688. The van der Waals surface area contributed by atoms with E-state index in [1.807, 2.05) is 25.1 Å². The normalized spacial score (nSPS) is 10.7. The van der Waals surface area contributed by atoms with E-state index in [0.717, 1.165) is 15.7 Å². The smallest absolute Gasteiger partial charge is 0.356 e. The van der Waals surface area contributed by atoms with Crippen molar-refractivity contribution in [3.63, 3.8) is 0 Å². The standard InChI is InChI=1S/C13H13BrN2O3/c1-8-2-3-10(6-11(8)14)16-7-9(4-5-17)12(15-16)13(18)19/h2-3,6-7,17H,4-5H2,1H3,(H,18,19). The first-order valence-corrected chi connectivity index (χ1v) is 6.51. The van der Waals surface area contributed by atoms with E-state index in [1.54, 1.807) is 6.20 Å². The predicted octanol–water partition coefficient (Wildman–Crippen LogP) is 2.18. The summed E-state index contributed by atoms with van der Waals surface area (Å²) in [5.41, 5.74) is 2.35. The molecule has 0 bridgehead atoms. The van der Waals surface area contributed by atoms with Gasteiger partial charge < -0.3 is 10.2 Å². The minimum Gasteiger partial charge on any atom is -0.476 e. The Hall–Kier alpha value is -1.66. The number of aryl methyl sites for hydroxylation is 1. The molecule has 0 aliphatic carbocycles. The van der Waals surface area contributed by atoms with Crippen LogP contribution in [0.25, 0.3) is 5.69 Å². The van der Waals surface area contributed by atoms with E-state index in [9.17, 15) is 4.79 Å². The molecule has 2 rings (SSSR count). The number of aliphatic hydroxyl groups is 1. The zero-order valence-corrected chi connectivity index (χ0v) is 11.9. The number of halogens is 1. The highest BCUT2D eigenvalue weighted by Gasteiger charge is 2.16. The molecule has 19 heavy (non-hydrogen) atoms. The molecular formula is C13H13BrN2O3. The third-order valence-electron chi connectivity index (χ3n) is 2.79. The van der Waals surface area contributed by atoms with Crippen LogP contribution in [0.3, 0.4) is 0 Å². The Morgan fingerprint density at radius 2 is 2.21 bits per heavy atom. The lowest BCUT2D eigenvalue weighted by Crippen LogP contribution is -2.03. The Balaban J connectivity index is 2.47. The molecule has 5 nitrogen and oxygen atoms in total. The molecule has 0 saturated heterocycles. The predicted molar refractivity (Wildman–Crippen MR) is 73.8 cm³/mol. The summed E-state index contributed by atoms with van der Waals surface area (Å²) in [6, 6.07) is 5.66. The largest absolute Gasteiger partial charge is 0.476 e. The molecule has 0 aliphatic heterocycles. The first-order chi connectivity index (χ1) is 9.02. The number of carbonyl (C=O) groups is 1. The zero-order valence-electron chi connectivity index (χ0n) is 10.3. The van der Waals surface area contributed by atoms with Gasteiger partial charge in [0, 0.05) is 22.8 Å². The lowest BCUT2D eigenvalue weighted by atomic mass is 10.2. The van der Waals surface area contributed by atoms with Crippen molar-refractivity contribution in [3.05, 3.63) is 45.7 Å². The van der Waals surface area contributed by atoms with Crippen LogP contribution >= 0.6 is 15.9 Å². The highest BCUT2D eigenvalue weighted by atomic mass is 79.9. The number of nitrogens with zero attached hydrogens (tertiary/aromatic N) is 2. The van der Waals surface area contributed by atoms with Gasteiger partial charge >= 0.3 is 5.97 Å². The number of carboxylic acids is 1. The lowest BCUT2D eigenvalue weighted by Gasteiger charge is -2.03. The number of rotatable bonds is 4. The van der Waals surface area contributed by atoms with Gasteiger partial charge in [-0.05, 0) is 31.0 Å². The second-order valence-electron chi connectivity index (χ2n) is 4.16. The molecule has 0 amide bonds. The van der Waals surface area contributed by atoms with Crippen molar-refractivity contribution in [1.82, 2.24) is 9.78 Å². The van der Waals surface area contributed by atoms with E-state index in [-0.39, 0.29) is 18.7 Å². The minimum atomic E-state index is -1.09. The van der Waals surface area contributed by atoms with E-state index in [2.05, 4.69) is 21.0 Å². The quantitative estimate of drug-likeness (QED) is 0.903. The Morgan fingerprint density at radius 3 is 2.79 bits per heavy atom. The third kappa shape index (κ3) is 2.85. The average molecular weight is 325 g/mol. The van der Waals surface area contributed by atoms with Crippen molar-refractivity contribution < 1.29 is 15.0 Å². The van der Waals surface area contributed by atoms with Gasteiger partial charge in [0.15, 0.2) is 5.69 Å². The van der Waals surface area contributed by atoms with Crippen molar-refractivity contribution in [1.29, 1.82) is 0 Å². The summed E-state index contributed by atoms with van der Waals surface area (Å²) in [4.78, 5) is 11.1. The molecule has 0 aliphatic rings. The molecule has 0 radical (unpaired) electrons. The maximum Gasteiger partial charge on any atom is 0.356 e. The fourth-order valence-corrected chi connectivity index (χ4v) is 2.12. The molecular weight excluding hydrogens is 312 g/mol. The second-order valence-corrected chi connectivity index (χ2v) is 5.01. The van der Waals surface area contributed by atoms with E-state index in [0.29, 0.717) is 5.56 Å². The first kappa shape index (κ1) is 13.8. The molecule has 2 N–H and O–H groups in total. The number of hydrogen-bond donors (Lipinski definition) is 2. The Labute approximate surface area is 118 Å². The number of aliphatic hydroxyl groups excluding tert-OH is 1. The monoisotopic (exact) mass is 324 g/mol. The molecule has 0 fully saturated rings. The molecule has 0 spiro atoms. The van der Waals surface area contributed by atoms with Crippen LogP contribution in [0.5, 0.6) is 0 Å². The molecule has 2 aromatic rings. The van der Waals surface area contributed by atoms with Crippen LogP contribution in [0.4, 0.5) is 0 Å². The highest BCUT2D eigenvalue weighted by Crippen LogP contribution is 2.21. The van der Waals surface area contributed by atoms with Crippen molar-refractivity contribution >= 4 is 21.9 Å². The van der Waals surface area contributed by atoms with Crippen molar-refractivity contribution in [2.45, 2.75) is 13.3 Å². The van der Waals surface area contributed by atoms with Crippen LogP contribution in [0.2, 0.25) is 0 Å². The van der Waals surface area contributed by atoms with Crippen molar-refractivity contribution in [3.8, 4) is 5.69 Å². The maximum atomic E-state index is 11.1. The van der Waals surface area contributed by atoms with Gasteiger partial charge in [-0.1, -0.05) is 22.0 Å². The van der Waals surface area contributed by atoms with Gasteiger partial charge in [0.25, 0.3) is 0 Å². The summed E-state index contributed by atoms with van der Waals surface area (Å²) in [6.45, 7) is 1.86. The van der Waals surface area contributed by atoms with Crippen LogP contribution in [0, 0.1) is 6.92 Å². The third-order valence-corrected chi connectivity index (χ3v) is 3.65. The summed E-state index contributed by atoms with van der Waals surface area (Å²) in [5.74, 6) is -1.09. The maximum absolute atomic E-state index is 11.1. The molecule has 100 valence electrons. The van der Waals surface area contributed by atoms with Gasteiger partial charge in [-0.3, -0.25) is 0 Å². The van der Waals surface area contributed by atoms with Crippen LogP contribution < -0.4 is 0 Å². The SMILES string of the molecule is Cc1ccc(-n2cc(CCO)c(C(=O)O)n2)cc1Br. The van der Waals surface area contributed by atoms with E-state index in [1.165, 1.54) is 4.68 Å². The molecule has 6 heteroatoms. The minimum absolute atomic E-state index is 0.0225. The number of benzene rings is 1. The van der Waals surface area contributed by atoms with Gasteiger partial charge in [-0.2, -0.15) is 5.10 Å². The number of aromatic carboxylic acids is 1. The topological polar surface area (TPSA) is 75.4 Å². The fraction of sp³-hybridized carbons (Fsp3) is 0.231. The Kier molecular flexibility index (Phi) is 4.01. The van der Waals surface area contributed by atoms with Gasteiger partial charge in [0.2, 0.25) is 0 Å². The number of hydrogen-bond acceptors (Lipinski definition) is 3. The molecule has 1 aromatic heterocycles. The summed E-state index contributed by atoms with van der Waals surface area (Å²) in [7, 11) is 0.